The highest BCUT2D eigenvalue weighted by molar-refractivity contribution is 5.94. The minimum Gasteiger partial charge on any atom is -0.493 e. The lowest BCUT2D eigenvalue weighted by molar-refractivity contribution is 0.170. The predicted molar refractivity (Wildman–Crippen MR) is 133 cm³/mol. The van der Waals surface area contributed by atoms with Gasteiger partial charge >= 0.3 is 0 Å². The van der Waals surface area contributed by atoms with Crippen LogP contribution < -0.4 is 9.47 Å². The van der Waals surface area contributed by atoms with Crippen molar-refractivity contribution in [3.8, 4) is 11.5 Å². The van der Waals surface area contributed by atoms with Crippen molar-refractivity contribution in [3.05, 3.63) is 23.8 Å². The van der Waals surface area contributed by atoms with Gasteiger partial charge in [-0.3, -0.25) is 0 Å². The summed E-state index contributed by atoms with van der Waals surface area (Å²) in [5.74, 6) is 4.02. The highest BCUT2D eigenvalue weighted by atomic mass is 16.5. The molecule has 0 aromatic heterocycles. The van der Waals surface area contributed by atoms with Gasteiger partial charge in [0.2, 0.25) is 11.8 Å². The minimum absolute atomic E-state index is 0.0990. The first-order valence-electron chi connectivity index (χ1n) is 11.9. The quantitative estimate of drug-likeness (QED) is 0.417. The monoisotopic (exact) mass is 462 g/mol. The molecule has 33 heavy (non-hydrogen) atoms. The molecule has 1 aliphatic rings. The highest BCUT2D eigenvalue weighted by Gasteiger charge is 2.33. The van der Waals surface area contributed by atoms with Crippen LogP contribution in [0.3, 0.4) is 0 Å². The van der Waals surface area contributed by atoms with Crippen molar-refractivity contribution < 1.29 is 23.7 Å². The van der Waals surface area contributed by atoms with E-state index in [0.29, 0.717) is 36.8 Å². The fraction of sp³-hybridized carbons (Fsp3) is 0.692. The number of hydrogen-bond acceptors (Lipinski definition) is 7. The van der Waals surface area contributed by atoms with Gasteiger partial charge in [0.25, 0.3) is 0 Å². The predicted octanol–water partition coefficient (Wildman–Crippen LogP) is 4.81. The molecule has 3 atom stereocenters. The summed E-state index contributed by atoms with van der Waals surface area (Å²) in [5.41, 5.74) is 1.21. The first kappa shape index (κ1) is 27.0. The Morgan fingerprint density at radius 2 is 1.58 bits per heavy atom. The third-order valence-corrected chi connectivity index (χ3v) is 6.08. The lowest BCUT2D eigenvalue weighted by Gasteiger charge is -2.30. The Morgan fingerprint density at radius 1 is 0.848 bits per heavy atom. The first-order valence-corrected chi connectivity index (χ1v) is 11.9. The summed E-state index contributed by atoms with van der Waals surface area (Å²) in [7, 11) is 6.71. The van der Waals surface area contributed by atoms with Crippen LogP contribution in [-0.2, 0) is 20.6 Å². The van der Waals surface area contributed by atoms with Gasteiger partial charge in [-0.1, -0.05) is 33.8 Å². The van der Waals surface area contributed by atoms with E-state index in [1.165, 1.54) is 5.56 Å². The average Bonchev–Trinajstić information content (AvgIpc) is 2.80. The molecule has 7 nitrogen and oxygen atoms in total. The molecule has 0 amide bonds. The van der Waals surface area contributed by atoms with E-state index in [4.69, 9.17) is 33.7 Å². The maximum absolute atomic E-state index is 5.98. The molecule has 0 spiro atoms. The molecule has 1 aromatic rings. The van der Waals surface area contributed by atoms with Crippen LogP contribution >= 0.6 is 0 Å². The molecule has 0 aliphatic carbocycles. The maximum Gasteiger partial charge on any atom is 0.209 e. The molecule has 7 heteroatoms. The Balaban J connectivity index is 2.19. The van der Waals surface area contributed by atoms with E-state index in [-0.39, 0.29) is 18.0 Å². The van der Waals surface area contributed by atoms with Crippen molar-refractivity contribution in [1.29, 1.82) is 0 Å². The molecule has 0 saturated heterocycles. The number of ether oxygens (including phenoxy) is 5. The average molecular weight is 463 g/mol. The number of nitrogens with zero attached hydrogens (tertiary/aromatic N) is 2. The molecule has 0 fully saturated rings. The summed E-state index contributed by atoms with van der Waals surface area (Å²) in [6.45, 7) is 9.99. The molecule has 1 aromatic carbocycles. The van der Waals surface area contributed by atoms with E-state index in [0.717, 1.165) is 30.8 Å². The summed E-state index contributed by atoms with van der Waals surface area (Å²) < 4.78 is 27.8. The molecular weight excluding hydrogens is 420 g/mol. The Hall–Kier alpha value is -2.28. The van der Waals surface area contributed by atoms with Gasteiger partial charge in [0, 0.05) is 20.1 Å². The van der Waals surface area contributed by atoms with E-state index >= 15 is 0 Å². The molecule has 0 N–H and O–H groups in total. The second-order valence-corrected chi connectivity index (χ2v) is 9.17. The third kappa shape index (κ3) is 7.63. The van der Waals surface area contributed by atoms with Gasteiger partial charge < -0.3 is 23.7 Å². The van der Waals surface area contributed by atoms with Crippen molar-refractivity contribution in [2.45, 2.75) is 59.0 Å². The lowest BCUT2D eigenvalue weighted by atomic mass is 9.83. The first-order chi connectivity index (χ1) is 15.8. The van der Waals surface area contributed by atoms with Gasteiger partial charge in [-0.05, 0) is 48.3 Å². The summed E-state index contributed by atoms with van der Waals surface area (Å²) in [6, 6.07) is 5.94. The smallest absolute Gasteiger partial charge is 0.209 e. The largest absolute Gasteiger partial charge is 0.493 e. The molecule has 1 aliphatic heterocycles. The van der Waals surface area contributed by atoms with Crippen molar-refractivity contribution in [2.75, 3.05) is 41.7 Å². The van der Waals surface area contributed by atoms with Crippen LogP contribution in [0.2, 0.25) is 0 Å². The van der Waals surface area contributed by atoms with Gasteiger partial charge in [-0.15, -0.1) is 0 Å². The van der Waals surface area contributed by atoms with E-state index in [2.05, 4.69) is 39.8 Å². The van der Waals surface area contributed by atoms with Gasteiger partial charge in [0.05, 0.1) is 27.9 Å². The fourth-order valence-corrected chi connectivity index (χ4v) is 4.04. The molecule has 0 radical (unpaired) electrons. The van der Waals surface area contributed by atoms with E-state index in [9.17, 15) is 0 Å². The van der Waals surface area contributed by atoms with Gasteiger partial charge in [0.15, 0.2) is 11.5 Å². The second kappa shape index (κ2) is 13.4. The van der Waals surface area contributed by atoms with Crippen LogP contribution in [0.25, 0.3) is 0 Å². The molecule has 0 bridgehead atoms. The normalized spacial score (nSPS) is 19.2. The zero-order chi connectivity index (χ0) is 24.4. The Morgan fingerprint density at radius 3 is 2.15 bits per heavy atom. The number of aliphatic imine (C=N–C) groups is 2. The summed E-state index contributed by atoms with van der Waals surface area (Å²) in [4.78, 5) is 9.73. The van der Waals surface area contributed by atoms with Gasteiger partial charge in [-0.25, -0.2) is 9.98 Å². The van der Waals surface area contributed by atoms with E-state index in [1.807, 2.05) is 6.07 Å². The Kier molecular flexibility index (Phi) is 11.0. The van der Waals surface area contributed by atoms with Crippen molar-refractivity contribution in [3.63, 3.8) is 0 Å². The van der Waals surface area contributed by atoms with Crippen LogP contribution in [0.5, 0.6) is 11.5 Å². The number of benzene rings is 1. The standard InChI is InChI=1S/C26H42N2O5/c1-17(2)20(16-21-25(31-7)28-24(18(3)4)26(27-21)32-8)14-19-10-11-22(30-6)23(15-19)33-13-9-12-29-5/h10-11,15,17-18,20-21,24H,9,12-14,16H2,1-8H3/t20-,21+,24-/m1/s1. The van der Waals surface area contributed by atoms with Crippen LogP contribution in [0, 0.1) is 17.8 Å². The fourth-order valence-electron chi connectivity index (χ4n) is 4.04. The number of hydrogen-bond donors (Lipinski definition) is 0. The minimum atomic E-state index is -0.143. The number of rotatable bonds is 12. The van der Waals surface area contributed by atoms with Crippen molar-refractivity contribution >= 4 is 11.8 Å². The topological polar surface area (TPSA) is 70.9 Å². The zero-order valence-electron chi connectivity index (χ0n) is 21.6. The summed E-state index contributed by atoms with van der Waals surface area (Å²) in [5, 5.41) is 0. The molecule has 0 saturated carbocycles. The van der Waals surface area contributed by atoms with Crippen molar-refractivity contribution in [2.24, 2.45) is 27.7 Å². The van der Waals surface area contributed by atoms with E-state index < -0.39 is 0 Å². The molecule has 2 rings (SSSR count). The van der Waals surface area contributed by atoms with Gasteiger partial charge in [0.1, 0.15) is 12.1 Å². The second-order valence-electron chi connectivity index (χ2n) is 9.17. The zero-order valence-corrected chi connectivity index (χ0v) is 21.6. The summed E-state index contributed by atoms with van der Waals surface area (Å²) in [6.07, 6.45) is 2.56. The SMILES string of the molecule is COCCCOc1cc(C[C@H](C[C@@H]2N=C(OC)[C@@H](C(C)C)N=C2OC)C(C)C)ccc1OC. The van der Waals surface area contributed by atoms with Crippen LogP contribution in [0.15, 0.2) is 28.2 Å². The molecular formula is C26H42N2O5. The van der Waals surface area contributed by atoms with E-state index in [1.54, 1.807) is 28.4 Å². The lowest BCUT2D eigenvalue weighted by Crippen LogP contribution is -2.38. The Bertz CT molecular complexity index is 791. The van der Waals surface area contributed by atoms with Crippen LogP contribution in [-0.4, -0.2) is 65.5 Å². The molecule has 186 valence electrons. The maximum atomic E-state index is 5.98. The van der Waals surface area contributed by atoms with Crippen LogP contribution in [0.4, 0.5) is 0 Å². The molecule has 0 unspecified atom stereocenters. The highest BCUT2D eigenvalue weighted by Crippen LogP contribution is 2.32. The number of methoxy groups -OCH3 is 4. The third-order valence-electron chi connectivity index (χ3n) is 6.08. The van der Waals surface area contributed by atoms with Crippen LogP contribution in [0.1, 0.15) is 46.1 Å². The molecule has 1 heterocycles. The Labute approximate surface area is 199 Å². The van der Waals surface area contributed by atoms with Gasteiger partial charge in [-0.2, -0.15) is 0 Å². The summed E-state index contributed by atoms with van der Waals surface area (Å²) >= 11 is 0. The van der Waals surface area contributed by atoms with Crippen molar-refractivity contribution in [1.82, 2.24) is 0 Å².